The average Bonchev–Trinajstić information content (AvgIpc) is 2.89. The number of pyridine rings is 1. The molecule has 3 rings (SSSR count). The van der Waals surface area contributed by atoms with E-state index >= 15 is 0 Å². The Morgan fingerprint density at radius 3 is 2.83 bits per heavy atom. The molecule has 0 unspecified atom stereocenters. The Kier molecular flexibility index (Phi) is 4.30. The standard InChI is InChI=1S/C18H20N2O3/c1-13-11-14-5-3-4-6-16(14)20(13)18(22)15-7-8-17(21)19(12-15)9-10-23-2/h3-8,12-13H,9-11H2,1-2H3/t13-/m1/s1. The minimum absolute atomic E-state index is 0.0754. The first-order chi connectivity index (χ1) is 11.1. The van der Waals surface area contributed by atoms with Gasteiger partial charge >= 0.3 is 0 Å². The number of anilines is 1. The van der Waals surface area contributed by atoms with Gasteiger partial charge in [0.25, 0.3) is 11.5 Å². The number of rotatable bonds is 4. The molecule has 1 atom stereocenters. The van der Waals surface area contributed by atoms with Crippen LogP contribution < -0.4 is 10.5 Å². The van der Waals surface area contributed by atoms with Crippen molar-refractivity contribution in [2.24, 2.45) is 0 Å². The predicted octanol–water partition coefficient (Wildman–Crippen LogP) is 2.09. The highest BCUT2D eigenvalue weighted by atomic mass is 16.5. The molecule has 120 valence electrons. The molecular formula is C18H20N2O3. The summed E-state index contributed by atoms with van der Waals surface area (Å²) in [5, 5.41) is 0. The maximum Gasteiger partial charge on any atom is 0.260 e. The van der Waals surface area contributed by atoms with Crippen molar-refractivity contribution in [1.82, 2.24) is 4.57 Å². The number of nitrogens with zero attached hydrogens (tertiary/aromatic N) is 2. The van der Waals surface area contributed by atoms with E-state index in [4.69, 9.17) is 4.74 Å². The lowest BCUT2D eigenvalue weighted by molar-refractivity contribution is 0.0980. The molecule has 5 nitrogen and oxygen atoms in total. The molecule has 1 amide bonds. The van der Waals surface area contributed by atoms with Crippen LogP contribution in [0.15, 0.2) is 47.4 Å². The third-order valence-corrected chi connectivity index (χ3v) is 4.19. The van der Waals surface area contributed by atoms with Crippen LogP contribution in [0.1, 0.15) is 22.8 Å². The summed E-state index contributed by atoms with van der Waals surface area (Å²) < 4.78 is 6.53. The van der Waals surface area contributed by atoms with Crippen LogP contribution in [0.25, 0.3) is 0 Å². The molecule has 5 heteroatoms. The normalized spacial score (nSPS) is 16.4. The molecule has 2 aromatic rings. The van der Waals surface area contributed by atoms with Crippen LogP contribution in [0, 0.1) is 0 Å². The fraction of sp³-hybridized carbons (Fsp3) is 0.333. The maximum absolute atomic E-state index is 12.9. The second-order valence-electron chi connectivity index (χ2n) is 5.80. The third-order valence-electron chi connectivity index (χ3n) is 4.19. The number of carbonyl (C=O) groups excluding carboxylic acids is 1. The van der Waals surface area contributed by atoms with Gasteiger partial charge in [0.2, 0.25) is 0 Å². The molecule has 0 saturated carbocycles. The van der Waals surface area contributed by atoms with Crippen molar-refractivity contribution in [1.29, 1.82) is 0 Å². The molecule has 0 radical (unpaired) electrons. The van der Waals surface area contributed by atoms with E-state index < -0.39 is 0 Å². The van der Waals surface area contributed by atoms with Gasteiger partial charge in [-0.05, 0) is 31.0 Å². The van der Waals surface area contributed by atoms with Crippen molar-refractivity contribution in [2.75, 3.05) is 18.6 Å². The summed E-state index contributed by atoms with van der Waals surface area (Å²) in [5.74, 6) is -0.0754. The van der Waals surface area contributed by atoms with Crippen LogP contribution in [0.2, 0.25) is 0 Å². The van der Waals surface area contributed by atoms with Crippen LogP contribution in [0.4, 0.5) is 5.69 Å². The number of hydrogen-bond acceptors (Lipinski definition) is 3. The Morgan fingerprint density at radius 1 is 1.26 bits per heavy atom. The number of ether oxygens (including phenoxy) is 1. The third kappa shape index (κ3) is 2.92. The second kappa shape index (κ2) is 6.38. The Morgan fingerprint density at radius 2 is 2.04 bits per heavy atom. The van der Waals surface area contributed by atoms with Gasteiger partial charge in [-0.25, -0.2) is 0 Å². The maximum atomic E-state index is 12.9. The second-order valence-corrected chi connectivity index (χ2v) is 5.80. The summed E-state index contributed by atoms with van der Waals surface area (Å²) in [6.45, 7) is 2.90. The van der Waals surface area contributed by atoms with Crippen molar-refractivity contribution in [3.05, 3.63) is 64.1 Å². The number of fused-ring (bicyclic) bond motifs is 1. The van der Waals surface area contributed by atoms with Gasteiger partial charge in [0.1, 0.15) is 0 Å². The van der Waals surface area contributed by atoms with Crippen LogP contribution in [-0.4, -0.2) is 30.2 Å². The zero-order valence-electron chi connectivity index (χ0n) is 13.4. The van der Waals surface area contributed by atoms with E-state index in [9.17, 15) is 9.59 Å². The van der Waals surface area contributed by atoms with E-state index in [2.05, 4.69) is 6.07 Å². The number of benzene rings is 1. The van der Waals surface area contributed by atoms with Gasteiger partial charge in [-0.3, -0.25) is 9.59 Å². The van der Waals surface area contributed by atoms with E-state index in [0.717, 1.165) is 12.1 Å². The molecule has 1 aliphatic rings. The van der Waals surface area contributed by atoms with Gasteiger partial charge in [0, 0.05) is 37.6 Å². The lowest BCUT2D eigenvalue weighted by atomic mass is 10.1. The van der Waals surface area contributed by atoms with E-state index in [0.29, 0.717) is 18.7 Å². The predicted molar refractivity (Wildman–Crippen MR) is 89.0 cm³/mol. The van der Waals surface area contributed by atoms with Gasteiger partial charge in [-0.15, -0.1) is 0 Å². The van der Waals surface area contributed by atoms with Crippen molar-refractivity contribution in [2.45, 2.75) is 25.9 Å². The highest BCUT2D eigenvalue weighted by molar-refractivity contribution is 6.07. The van der Waals surface area contributed by atoms with E-state index in [1.807, 2.05) is 30.0 Å². The van der Waals surface area contributed by atoms with E-state index in [1.165, 1.54) is 16.2 Å². The van der Waals surface area contributed by atoms with Crippen LogP contribution in [0.3, 0.4) is 0 Å². The molecule has 0 N–H and O–H groups in total. The van der Waals surface area contributed by atoms with Crippen molar-refractivity contribution in [3.63, 3.8) is 0 Å². The summed E-state index contributed by atoms with van der Waals surface area (Å²) >= 11 is 0. The SMILES string of the molecule is COCCn1cc(C(=O)N2c3ccccc3C[C@H]2C)ccc1=O. The number of carbonyl (C=O) groups is 1. The minimum Gasteiger partial charge on any atom is -0.383 e. The topological polar surface area (TPSA) is 51.5 Å². The van der Waals surface area contributed by atoms with Crippen molar-refractivity contribution < 1.29 is 9.53 Å². The van der Waals surface area contributed by atoms with Gasteiger partial charge in [-0.2, -0.15) is 0 Å². The molecule has 0 bridgehead atoms. The Balaban J connectivity index is 1.93. The zero-order valence-corrected chi connectivity index (χ0v) is 13.4. The summed E-state index contributed by atoms with van der Waals surface area (Å²) in [7, 11) is 1.59. The molecule has 1 aromatic carbocycles. The highest BCUT2D eigenvalue weighted by Crippen LogP contribution is 2.32. The van der Waals surface area contributed by atoms with Gasteiger partial charge < -0.3 is 14.2 Å². The molecule has 0 aliphatic carbocycles. The first-order valence-electron chi connectivity index (χ1n) is 7.72. The first kappa shape index (κ1) is 15.5. The van der Waals surface area contributed by atoms with E-state index in [1.54, 1.807) is 19.4 Å². The number of para-hydroxylation sites is 1. The summed E-state index contributed by atoms with van der Waals surface area (Å²) in [6.07, 6.45) is 2.47. The molecule has 2 heterocycles. The van der Waals surface area contributed by atoms with Crippen LogP contribution in [0.5, 0.6) is 0 Å². The summed E-state index contributed by atoms with van der Waals surface area (Å²) in [6, 6.07) is 11.1. The molecule has 0 fully saturated rings. The smallest absolute Gasteiger partial charge is 0.260 e. The fourth-order valence-corrected chi connectivity index (χ4v) is 3.04. The summed E-state index contributed by atoms with van der Waals surface area (Å²) in [5.41, 5.74) is 2.53. The Hall–Kier alpha value is -2.40. The van der Waals surface area contributed by atoms with Gasteiger partial charge in [-0.1, -0.05) is 18.2 Å². The molecule has 0 spiro atoms. The van der Waals surface area contributed by atoms with Crippen LogP contribution >= 0.6 is 0 Å². The quantitative estimate of drug-likeness (QED) is 0.868. The number of methoxy groups -OCH3 is 1. The Labute approximate surface area is 135 Å². The molecule has 1 aliphatic heterocycles. The Bertz CT molecular complexity index is 782. The molecule has 1 aromatic heterocycles. The lowest BCUT2D eigenvalue weighted by Crippen LogP contribution is -2.36. The molecular weight excluding hydrogens is 292 g/mol. The number of aromatic nitrogens is 1. The van der Waals surface area contributed by atoms with Crippen molar-refractivity contribution >= 4 is 11.6 Å². The fourth-order valence-electron chi connectivity index (χ4n) is 3.04. The number of hydrogen-bond donors (Lipinski definition) is 0. The van der Waals surface area contributed by atoms with Gasteiger partial charge in [0.15, 0.2) is 0 Å². The molecule has 23 heavy (non-hydrogen) atoms. The lowest BCUT2D eigenvalue weighted by Gasteiger charge is -2.23. The minimum atomic E-state index is -0.131. The van der Waals surface area contributed by atoms with Crippen LogP contribution in [-0.2, 0) is 17.7 Å². The zero-order chi connectivity index (χ0) is 16.4. The van der Waals surface area contributed by atoms with Gasteiger partial charge in [0.05, 0.1) is 12.2 Å². The monoisotopic (exact) mass is 312 g/mol. The van der Waals surface area contributed by atoms with E-state index in [-0.39, 0.29) is 17.5 Å². The first-order valence-corrected chi connectivity index (χ1v) is 7.72. The van der Waals surface area contributed by atoms with Crippen molar-refractivity contribution in [3.8, 4) is 0 Å². The summed E-state index contributed by atoms with van der Waals surface area (Å²) in [4.78, 5) is 26.6. The highest BCUT2D eigenvalue weighted by Gasteiger charge is 2.31. The average molecular weight is 312 g/mol. The number of amides is 1. The molecule has 0 saturated heterocycles. The largest absolute Gasteiger partial charge is 0.383 e.